The van der Waals surface area contributed by atoms with Gasteiger partial charge in [0, 0.05) is 24.3 Å². The molecule has 1 saturated carbocycles. The average molecular weight is 265 g/mol. The van der Waals surface area contributed by atoms with E-state index in [4.69, 9.17) is 11.6 Å². The van der Waals surface area contributed by atoms with Gasteiger partial charge in [0.25, 0.3) is 5.91 Å². The lowest BCUT2D eigenvalue weighted by Gasteiger charge is -2.41. The molecule has 1 aliphatic carbocycles. The molecule has 2 fully saturated rings. The van der Waals surface area contributed by atoms with E-state index in [-0.39, 0.29) is 5.91 Å². The predicted molar refractivity (Wildman–Crippen MR) is 70.6 cm³/mol. The number of nitrogens with zero attached hydrogens (tertiary/aromatic N) is 2. The third kappa shape index (κ3) is 2.37. The normalized spacial score (nSPS) is 27.1. The Balaban J connectivity index is 1.76. The zero-order valence-electron chi connectivity index (χ0n) is 10.3. The first kappa shape index (κ1) is 12.0. The number of hydrogen-bond donors (Lipinski definition) is 0. The SMILES string of the molecule is O=C(c1cc(Cl)ccn1)N1CC2CCCC(C2)C1. The molecule has 1 aromatic heterocycles. The Hall–Kier alpha value is -1.09. The highest BCUT2D eigenvalue weighted by Gasteiger charge is 2.33. The maximum atomic E-state index is 12.4. The number of likely N-dealkylation sites (tertiary alicyclic amines) is 1. The van der Waals surface area contributed by atoms with Gasteiger partial charge in [0.15, 0.2) is 0 Å². The Morgan fingerprint density at radius 3 is 2.72 bits per heavy atom. The van der Waals surface area contributed by atoms with E-state index in [1.54, 1.807) is 18.3 Å². The standard InChI is InChI=1S/C14H17ClN2O/c15-12-4-5-16-13(7-12)14(18)17-8-10-2-1-3-11(6-10)9-17/h4-5,7,10-11H,1-3,6,8-9H2. The first-order chi connectivity index (χ1) is 8.72. The fourth-order valence-corrected chi connectivity index (χ4v) is 3.44. The van der Waals surface area contributed by atoms with Crippen LogP contribution in [0.15, 0.2) is 18.3 Å². The Labute approximate surface area is 112 Å². The number of fused-ring (bicyclic) bond motifs is 2. The van der Waals surface area contributed by atoms with Gasteiger partial charge in [-0.1, -0.05) is 18.0 Å². The number of amides is 1. The van der Waals surface area contributed by atoms with Crippen LogP contribution in [0.3, 0.4) is 0 Å². The largest absolute Gasteiger partial charge is 0.337 e. The van der Waals surface area contributed by atoms with E-state index in [2.05, 4.69) is 4.98 Å². The van der Waals surface area contributed by atoms with Gasteiger partial charge in [-0.05, 0) is 43.2 Å². The van der Waals surface area contributed by atoms with Crippen molar-refractivity contribution in [1.29, 1.82) is 0 Å². The van der Waals surface area contributed by atoms with E-state index in [0.717, 1.165) is 13.1 Å². The molecule has 3 nitrogen and oxygen atoms in total. The van der Waals surface area contributed by atoms with Gasteiger partial charge >= 0.3 is 0 Å². The van der Waals surface area contributed by atoms with Crippen molar-refractivity contribution in [3.8, 4) is 0 Å². The zero-order valence-corrected chi connectivity index (χ0v) is 11.1. The Bertz CT molecular complexity index is 451. The van der Waals surface area contributed by atoms with Gasteiger partial charge in [-0.2, -0.15) is 0 Å². The van der Waals surface area contributed by atoms with E-state index in [0.29, 0.717) is 22.6 Å². The van der Waals surface area contributed by atoms with E-state index in [1.165, 1.54) is 25.7 Å². The van der Waals surface area contributed by atoms with E-state index in [9.17, 15) is 4.79 Å². The molecule has 1 aliphatic heterocycles. The molecule has 1 aromatic rings. The molecule has 0 radical (unpaired) electrons. The molecule has 0 N–H and O–H groups in total. The maximum Gasteiger partial charge on any atom is 0.272 e. The lowest BCUT2D eigenvalue weighted by atomic mass is 9.78. The number of rotatable bonds is 1. The first-order valence-corrected chi connectivity index (χ1v) is 7.01. The lowest BCUT2D eigenvalue weighted by molar-refractivity contribution is 0.0499. The van der Waals surface area contributed by atoms with Crippen molar-refractivity contribution < 1.29 is 4.79 Å². The van der Waals surface area contributed by atoms with Crippen LogP contribution in [0.25, 0.3) is 0 Å². The number of piperidine rings is 1. The fraction of sp³-hybridized carbons (Fsp3) is 0.571. The molecule has 2 aliphatic rings. The van der Waals surface area contributed by atoms with Crippen molar-refractivity contribution in [3.05, 3.63) is 29.0 Å². The molecule has 96 valence electrons. The van der Waals surface area contributed by atoms with Gasteiger partial charge < -0.3 is 4.90 Å². The fourth-order valence-electron chi connectivity index (χ4n) is 3.28. The summed E-state index contributed by atoms with van der Waals surface area (Å²) in [5.41, 5.74) is 0.475. The van der Waals surface area contributed by atoms with Gasteiger partial charge in [-0.3, -0.25) is 9.78 Å². The quantitative estimate of drug-likeness (QED) is 0.781. The highest BCUT2D eigenvalue weighted by Crippen LogP contribution is 2.34. The molecular weight excluding hydrogens is 248 g/mol. The highest BCUT2D eigenvalue weighted by molar-refractivity contribution is 6.30. The summed E-state index contributed by atoms with van der Waals surface area (Å²) in [5.74, 6) is 1.43. The average Bonchev–Trinajstić information content (AvgIpc) is 2.37. The minimum Gasteiger partial charge on any atom is -0.337 e. The number of hydrogen-bond acceptors (Lipinski definition) is 2. The molecule has 2 atom stereocenters. The number of pyridine rings is 1. The summed E-state index contributed by atoms with van der Waals surface area (Å²) >= 11 is 5.91. The van der Waals surface area contributed by atoms with Crippen molar-refractivity contribution in [3.63, 3.8) is 0 Å². The molecule has 1 saturated heterocycles. The minimum absolute atomic E-state index is 0.0362. The summed E-state index contributed by atoms with van der Waals surface area (Å²) in [7, 11) is 0. The van der Waals surface area contributed by atoms with Crippen LogP contribution in [0.5, 0.6) is 0 Å². The van der Waals surface area contributed by atoms with Gasteiger partial charge in [-0.15, -0.1) is 0 Å². The monoisotopic (exact) mass is 264 g/mol. The van der Waals surface area contributed by atoms with Crippen molar-refractivity contribution in [2.45, 2.75) is 25.7 Å². The maximum absolute atomic E-state index is 12.4. The van der Waals surface area contributed by atoms with Crippen LogP contribution in [-0.4, -0.2) is 28.9 Å². The Kier molecular flexibility index (Phi) is 3.25. The Morgan fingerprint density at radius 1 is 1.33 bits per heavy atom. The summed E-state index contributed by atoms with van der Waals surface area (Å²) in [6.07, 6.45) is 6.76. The van der Waals surface area contributed by atoms with Crippen molar-refractivity contribution in [2.75, 3.05) is 13.1 Å². The number of carbonyl (C=O) groups excluding carboxylic acids is 1. The summed E-state index contributed by atoms with van der Waals surface area (Å²) < 4.78 is 0. The second-order valence-corrected chi connectivity index (χ2v) is 5.90. The Morgan fingerprint density at radius 2 is 2.06 bits per heavy atom. The van der Waals surface area contributed by atoms with Crippen LogP contribution in [-0.2, 0) is 0 Å². The molecule has 1 amide bonds. The molecule has 0 spiro atoms. The van der Waals surface area contributed by atoms with Crippen LogP contribution in [0.2, 0.25) is 5.02 Å². The van der Waals surface area contributed by atoms with Crippen LogP contribution >= 0.6 is 11.6 Å². The van der Waals surface area contributed by atoms with Gasteiger partial charge in [-0.25, -0.2) is 0 Å². The van der Waals surface area contributed by atoms with E-state index >= 15 is 0 Å². The summed E-state index contributed by atoms with van der Waals surface area (Å²) in [6, 6.07) is 3.36. The second-order valence-electron chi connectivity index (χ2n) is 5.47. The van der Waals surface area contributed by atoms with Crippen molar-refractivity contribution in [2.24, 2.45) is 11.8 Å². The molecule has 0 aromatic carbocycles. The second kappa shape index (κ2) is 4.88. The zero-order chi connectivity index (χ0) is 12.5. The third-order valence-electron chi connectivity index (χ3n) is 4.08. The molecule has 3 rings (SSSR count). The minimum atomic E-state index is 0.0362. The number of halogens is 1. The van der Waals surface area contributed by atoms with E-state index < -0.39 is 0 Å². The molecule has 2 heterocycles. The van der Waals surface area contributed by atoms with Gasteiger partial charge in [0.05, 0.1) is 0 Å². The summed E-state index contributed by atoms with van der Waals surface area (Å²) in [6.45, 7) is 1.78. The molecule has 2 bridgehead atoms. The van der Waals surface area contributed by atoms with Crippen LogP contribution < -0.4 is 0 Å². The molecule has 18 heavy (non-hydrogen) atoms. The lowest BCUT2D eigenvalue weighted by Crippen LogP contribution is -2.45. The smallest absolute Gasteiger partial charge is 0.272 e. The van der Waals surface area contributed by atoms with Crippen LogP contribution in [0.1, 0.15) is 36.2 Å². The van der Waals surface area contributed by atoms with Crippen LogP contribution in [0, 0.1) is 11.8 Å². The first-order valence-electron chi connectivity index (χ1n) is 6.63. The topological polar surface area (TPSA) is 33.2 Å². The van der Waals surface area contributed by atoms with Crippen molar-refractivity contribution >= 4 is 17.5 Å². The predicted octanol–water partition coefficient (Wildman–Crippen LogP) is 3.00. The number of carbonyl (C=O) groups is 1. The molecule has 4 heteroatoms. The molecule has 2 unspecified atom stereocenters. The van der Waals surface area contributed by atoms with Crippen LogP contribution in [0.4, 0.5) is 0 Å². The number of aromatic nitrogens is 1. The summed E-state index contributed by atoms with van der Waals surface area (Å²) in [5, 5.41) is 0.575. The third-order valence-corrected chi connectivity index (χ3v) is 4.31. The van der Waals surface area contributed by atoms with Crippen molar-refractivity contribution in [1.82, 2.24) is 9.88 Å². The van der Waals surface area contributed by atoms with Gasteiger partial charge in [0.2, 0.25) is 0 Å². The van der Waals surface area contributed by atoms with Gasteiger partial charge in [0.1, 0.15) is 5.69 Å². The molecular formula is C14H17ClN2O. The summed E-state index contributed by atoms with van der Waals surface area (Å²) in [4.78, 5) is 18.5. The highest BCUT2D eigenvalue weighted by atomic mass is 35.5. The van der Waals surface area contributed by atoms with E-state index in [1.807, 2.05) is 4.90 Å².